The number of anilines is 2. The van der Waals surface area contributed by atoms with E-state index in [2.05, 4.69) is 34.8 Å². The number of carbonyl (C=O) groups is 2. The van der Waals surface area contributed by atoms with Gasteiger partial charge in [0, 0.05) is 24.2 Å². The van der Waals surface area contributed by atoms with Crippen molar-refractivity contribution in [3.63, 3.8) is 0 Å². The Kier molecular flexibility index (Phi) is 4.65. The highest BCUT2D eigenvalue weighted by molar-refractivity contribution is 6.15. The minimum absolute atomic E-state index is 0.0559. The molecule has 3 heterocycles. The molecule has 2 amide bonds. The van der Waals surface area contributed by atoms with Gasteiger partial charge < -0.3 is 10.2 Å². The third-order valence-corrected chi connectivity index (χ3v) is 5.70. The van der Waals surface area contributed by atoms with Crippen molar-refractivity contribution in [2.75, 3.05) is 17.3 Å². The van der Waals surface area contributed by atoms with Crippen LogP contribution in [-0.4, -0.2) is 44.5 Å². The van der Waals surface area contributed by atoms with E-state index in [4.69, 9.17) is 9.97 Å². The van der Waals surface area contributed by atoms with Gasteiger partial charge in [-0.1, -0.05) is 30.3 Å². The van der Waals surface area contributed by atoms with Crippen LogP contribution >= 0.6 is 0 Å². The van der Waals surface area contributed by atoms with Gasteiger partial charge in [0.2, 0.25) is 17.8 Å². The quantitative estimate of drug-likeness (QED) is 0.468. The minimum atomic E-state index is -0.371. The van der Waals surface area contributed by atoms with Gasteiger partial charge >= 0.3 is 0 Å². The van der Waals surface area contributed by atoms with E-state index in [0.29, 0.717) is 34.7 Å². The summed E-state index contributed by atoms with van der Waals surface area (Å²) in [6, 6.07) is 10.6. The largest absolute Gasteiger partial charge is 0.351 e. The number of carbonyl (C=O) groups excluding carboxylic acids is 2. The van der Waals surface area contributed by atoms with Crippen LogP contribution in [-0.2, 0) is 9.59 Å². The average Bonchev–Trinajstić information content (AvgIpc) is 3.41. The molecular weight excluding hydrogens is 394 g/mol. The van der Waals surface area contributed by atoms with E-state index < -0.39 is 0 Å². The average molecular weight is 417 g/mol. The third kappa shape index (κ3) is 3.74. The van der Waals surface area contributed by atoms with Gasteiger partial charge in [-0.2, -0.15) is 19.6 Å². The van der Waals surface area contributed by atoms with Crippen molar-refractivity contribution in [2.45, 2.75) is 38.3 Å². The van der Waals surface area contributed by atoms with E-state index in [0.717, 1.165) is 18.4 Å². The number of hydrogen-bond donors (Lipinski definition) is 2. The Hall–Kier alpha value is -3.75. The lowest BCUT2D eigenvalue weighted by atomic mass is 10.1. The van der Waals surface area contributed by atoms with Gasteiger partial charge in [0.1, 0.15) is 0 Å². The summed E-state index contributed by atoms with van der Waals surface area (Å²) in [4.78, 5) is 35.1. The summed E-state index contributed by atoms with van der Waals surface area (Å²) >= 11 is 0. The van der Waals surface area contributed by atoms with E-state index in [-0.39, 0.29) is 24.3 Å². The molecule has 1 aliphatic heterocycles. The number of amides is 2. The summed E-state index contributed by atoms with van der Waals surface area (Å²) in [7, 11) is 1.96. The second-order valence-corrected chi connectivity index (χ2v) is 8.02. The van der Waals surface area contributed by atoms with Crippen LogP contribution in [0.3, 0.4) is 0 Å². The van der Waals surface area contributed by atoms with Crippen LogP contribution in [0.4, 0.5) is 11.9 Å². The minimum Gasteiger partial charge on any atom is -0.351 e. The van der Waals surface area contributed by atoms with Gasteiger partial charge in [0.15, 0.2) is 5.65 Å². The van der Waals surface area contributed by atoms with E-state index in [1.54, 1.807) is 16.8 Å². The molecule has 158 valence electrons. The fourth-order valence-electron chi connectivity index (χ4n) is 3.58. The fraction of sp³-hybridized carbons (Fsp3) is 0.318. The Balaban J connectivity index is 1.57. The predicted octanol–water partition coefficient (Wildman–Crippen LogP) is 2.33. The van der Waals surface area contributed by atoms with Crippen LogP contribution in [0, 0.1) is 0 Å². The summed E-state index contributed by atoms with van der Waals surface area (Å²) < 4.78 is 1.66. The highest BCUT2D eigenvalue weighted by atomic mass is 16.2. The van der Waals surface area contributed by atoms with E-state index in [1.807, 2.05) is 30.1 Å². The maximum atomic E-state index is 12.0. The van der Waals surface area contributed by atoms with E-state index in [1.165, 1.54) is 0 Å². The lowest BCUT2D eigenvalue weighted by Gasteiger charge is -2.25. The molecule has 5 rings (SSSR count). The van der Waals surface area contributed by atoms with Gasteiger partial charge in [-0.25, -0.2) is 0 Å². The lowest BCUT2D eigenvalue weighted by molar-refractivity contribution is -0.124. The van der Waals surface area contributed by atoms with Crippen LogP contribution < -0.4 is 15.5 Å². The monoisotopic (exact) mass is 417 g/mol. The lowest BCUT2D eigenvalue weighted by Crippen LogP contribution is -2.25. The molecule has 31 heavy (non-hydrogen) atoms. The van der Waals surface area contributed by atoms with E-state index in [9.17, 15) is 9.59 Å². The second-order valence-electron chi connectivity index (χ2n) is 8.02. The molecule has 2 fully saturated rings. The Morgan fingerprint density at radius 2 is 2.00 bits per heavy atom. The maximum Gasteiger partial charge on any atom is 0.254 e. The molecule has 9 nitrogen and oxygen atoms in total. The first-order chi connectivity index (χ1) is 15.0. The first kappa shape index (κ1) is 19.2. The zero-order valence-corrected chi connectivity index (χ0v) is 17.4. The van der Waals surface area contributed by atoms with Gasteiger partial charge in [-0.15, -0.1) is 0 Å². The van der Waals surface area contributed by atoms with Crippen molar-refractivity contribution in [1.82, 2.24) is 24.9 Å². The first-order valence-electron chi connectivity index (χ1n) is 10.3. The number of rotatable bonds is 6. The first-order valence-corrected chi connectivity index (χ1v) is 10.3. The van der Waals surface area contributed by atoms with Crippen molar-refractivity contribution < 1.29 is 9.59 Å². The summed E-state index contributed by atoms with van der Waals surface area (Å²) in [5, 5.41) is 10.2. The number of fused-ring (bicyclic) bond motifs is 1. The Labute approximate surface area is 179 Å². The molecule has 0 radical (unpaired) electrons. The molecule has 1 saturated heterocycles. The van der Waals surface area contributed by atoms with Crippen molar-refractivity contribution in [3.05, 3.63) is 53.2 Å². The summed E-state index contributed by atoms with van der Waals surface area (Å²) in [6.45, 7) is 2.10. The van der Waals surface area contributed by atoms with E-state index >= 15 is 0 Å². The normalized spacial score (nSPS) is 18.5. The molecule has 1 saturated carbocycles. The van der Waals surface area contributed by atoms with Crippen LogP contribution in [0.15, 0.2) is 42.1 Å². The number of benzene rings is 1. The number of nitrogens with one attached hydrogen (secondary N) is 2. The van der Waals surface area contributed by atoms with Crippen LogP contribution in [0.1, 0.15) is 43.4 Å². The van der Waals surface area contributed by atoms with Crippen molar-refractivity contribution in [1.29, 1.82) is 0 Å². The molecule has 2 aliphatic rings. The smallest absolute Gasteiger partial charge is 0.254 e. The molecule has 2 aromatic heterocycles. The highest BCUT2D eigenvalue weighted by Gasteiger charge is 2.27. The van der Waals surface area contributed by atoms with Crippen LogP contribution in [0.5, 0.6) is 0 Å². The topological polar surface area (TPSA) is 105 Å². The molecule has 0 unspecified atom stereocenters. The van der Waals surface area contributed by atoms with Crippen molar-refractivity contribution >= 4 is 35.4 Å². The van der Waals surface area contributed by atoms with Crippen LogP contribution in [0.25, 0.3) is 11.7 Å². The molecule has 3 aromatic rings. The summed E-state index contributed by atoms with van der Waals surface area (Å²) in [5.74, 6) is 0.505. The molecule has 2 N–H and O–H groups in total. The molecule has 1 aliphatic carbocycles. The molecule has 9 heteroatoms. The highest BCUT2D eigenvalue weighted by Crippen LogP contribution is 2.29. The second kappa shape index (κ2) is 7.50. The number of hydrogen-bond acceptors (Lipinski definition) is 7. The Morgan fingerprint density at radius 3 is 2.68 bits per heavy atom. The number of aromatic nitrogens is 4. The Bertz CT molecular complexity index is 1200. The summed E-state index contributed by atoms with van der Waals surface area (Å²) in [6.07, 6.45) is 5.58. The number of nitrogens with zero attached hydrogens (tertiary/aromatic N) is 5. The zero-order valence-electron chi connectivity index (χ0n) is 17.4. The SMILES string of the molecule is C[C@H](c1ccccc1)N(C)c1nc(NC2CC2)n2ncc(/C=C3\CC(=O)NC3=O)c2n1. The standard InChI is InChI=1S/C22H23N7O2/c1-13(14-6-4-3-5-7-14)28(2)21-26-19-16(10-15-11-18(30)25-20(15)31)12-23-29(19)22(27-21)24-17-8-9-17/h3-7,10,12-13,17H,8-9,11H2,1-2H3,(H,24,26,27)(H,25,30,31)/b15-10+/t13-/m1/s1. The third-order valence-electron chi connectivity index (χ3n) is 5.70. The van der Waals surface area contributed by atoms with Gasteiger partial charge in [-0.3, -0.25) is 14.9 Å². The summed E-state index contributed by atoms with van der Waals surface area (Å²) in [5.41, 5.74) is 2.81. The van der Waals surface area contributed by atoms with Gasteiger partial charge in [0.25, 0.3) is 5.91 Å². The van der Waals surface area contributed by atoms with Gasteiger partial charge in [-0.05, 0) is 31.4 Å². The fourth-order valence-corrected chi connectivity index (χ4v) is 3.58. The van der Waals surface area contributed by atoms with Crippen molar-refractivity contribution in [2.24, 2.45) is 0 Å². The maximum absolute atomic E-state index is 12.0. The van der Waals surface area contributed by atoms with Crippen molar-refractivity contribution in [3.8, 4) is 0 Å². The zero-order chi connectivity index (χ0) is 21.5. The Morgan fingerprint density at radius 1 is 1.23 bits per heavy atom. The molecular formula is C22H23N7O2. The molecule has 1 atom stereocenters. The number of imide groups is 1. The van der Waals surface area contributed by atoms with Gasteiger partial charge in [0.05, 0.1) is 18.7 Å². The predicted molar refractivity (Wildman–Crippen MR) is 116 cm³/mol. The molecule has 0 spiro atoms. The molecule has 1 aromatic carbocycles. The molecule has 0 bridgehead atoms. The van der Waals surface area contributed by atoms with Crippen LogP contribution in [0.2, 0.25) is 0 Å².